The summed E-state index contributed by atoms with van der Waals surface area (Å²) in [5, 5.41) is 2.97. The Kier molecular flexibility index (Phi) is 7.56. The topological polar surface area (TPSA) is 64.6 Å². The molecule has 0 aliphatic heterocycles. The van der Waals surface area contributed by atoms with Crippen molar-refractivity contribution in [3.05, 3.63) is 52.5 Å². The van der Waals surface area contributed by atoms with E-state index in [0.29, 0.717) is 33.5 Å². The second-order valence-corrected chi connectivity index (χ2v) is 7.61. The molecular weight excluding hydrogens is 386 g/mol. The maximum Gasteiger partial charge on any atom is 0.237 e. The SMILES string of the molecule is COc1ccc(NC(=O)C(C)SCc2cc(C(C)=O)ccc2OC)cc1Cl. The lowest BCUT2D eigenvalue weighted by atomic mass is 10.1. The van der Waals surface area contributed by atoms with Gasteiger partial charge in [-0.3, -0.25) is 9.59 Å². The van der Waals surface area contributed by atoms with Crippen molar-refractivity contribution < 1.29 is 19.1 Å². The highest BCUT2D eigenvalue weighted by Gasteiger charge is 2.16. The molecule has 0 saturated heterocycles. The number of ether oxygens (including phenoxy) is 2. The van der Waals surface area contributed by atoms with Crippen LogP contribution in [0.4, 0.5) is 5.69 Å². The summed E-state index contributed by atoms with van der Waals surface area (Å²) >= 11 is 7.54. The summed E-state index contributed by atoms with van der Waals surface area (Å²) in [5.74, 6) is 1.65. The van der Waals surface area contributed by atoms with Gasteiger partial charge in [0.15, 0.2) is 5.78 Å². The maximum absolute atomic E-state index is 12.4. The van der Waals surface area contributed by atoms with Crippen LogP contribution in [0.2, 0.25) is 5.02 Å². The average Bonchev–Trinajstić information content (AvgIpc) is 2.65. The second-order valence-electron chi connectivity index (χ2n) is 5.87. The molecule has 1 unspecified atom stereocenters. The van der Waals surface area contributed by atoms with Crippen LogP contribution in [0.5, 0.6) is 11.5 Å². The minimum atomic E-state index is -0.309. The molecule has 0 aromatic heterocycles. The van der Waals surface area contributed by atoms with Gasteiger partial charge >= 0.3 is 0 Å². The zero-order valence-corrected chi connectivity index (χ0v) is 17.2. The molecule has 5 nitrogen and oxygen atoms in total. The third kappa shape index (κ3) is 5.65. The zero-order valence-electron chi connectivity index (χ0n) is 15.7. The lowest BCUT2D eigenvalue weighted by molar-refractivity contribution is -0.115. The first-order valence-corrected chi connectivity index (χ1v) is 9.72. The van der Waals surface area contributed by atoms with Crippen molar-refractivity contribution in [1.82, 2.24) is 0 Å². The molecule has 0 spiro atoms. The number of halogens is 1. The Labute approximate surface area is 168 Å². The number of amides is 1. The van der Waals surface area contributed by atoms with Crippen molar-refractivity contribution in [2.45, 2.75) is 24.9 Å². The Bertz CT molecular complexity index is 841. The number of ketones is 1. The summed E-state index contributed by atoms with van der Waals surface area (Å²) in [5.41, 5.74) is 2.10. The van der Waals surface area contributed by atoms with Crippen LogP contribution >= 0.6 is 23.4 Å². The van der Waals surface area contributed by atoms with Crippen LogP contribution in [0.1, 0.15) is 29.8 Å². The molecule has 0 saturated carbocycles. The maximum atomic E-state index is 12.4. The summed E-state index contributed by atoms with van der Waals surface area (Å²) in [6.45, 7) is 3.35. The van der Waals surface area contributed by atoms with Gasteiger partial charge in [0, 0.05) is 22.6 Å². The van der Waals surface area contributed by atoms with Gasteiger partial charge in [-0.1, -0.05) is 11.6 Å². The van der Waals surface area contributed by atoms with Gasteiger partial charge < -0.3 is 14.8 Å². The van der Waals surface area contributed by atoms with Gasteiger partial charge in [0.05, 0.1) is 24.5 Å². The molecule has 1 amide bonds. The number of benzene rings is 2. The van der Waals surface area contributed by atoms with E-state index in [0.717, 1.165) is 5.56 Å². The summed E-state index contributed by atoms with van der Waals surface area (Å²) in [6.07, 6.45) is 0. The van der Waals surface area contributed by atoms with Crippen molar-refractivity contribution >= 4 is 40.7 Å². The van der Waals surface area contributed by atoms with Crippen molar-refractivity contribution in [2.75, 3.05) is 19.5 Å². The predicted molar refractivity (Wildman–Crippen MR) is 110 cm³/mol. The number of thioether (sulfide) groups is 1. The molecule has 0 aliphatic carbocycles. The van der Waals surface area contributed by atoms with Crippen LogP contribution in [-0.2, 0) is 10.5 Å². The van der Waals surface area contributed by atoms with Crippen LogP contribution in [-0.4, -0.2) is 31.2 Å². The molecule has 0 heterocycles. The molecule has 0 aliphatic rings. The predicted octanol–water partition coefficient (Wildman–Crippen LogP) is 4.82. The third-order valence-electron chi connectivity index (χ3n) is 3.96. The molecule has 144 valence electrons. The van der Waals surface area contributed by atoms with Gasteiger partial charge in [-0.15, -0.1) is 11.8 Å². The minimum Gasteiger partial charge on any atom is -0.496 e. The monoisotopic (exact) mass is 407 g/mol. The Morgan fingerprint density at radius 3 is 2.37 bits per heavy atom. The molecule has 2 aromatic rings. The lowest BCUT2D eigenvalue weighted by Gasteiger charge is -2.14. The third-order valence-corrected chi connectivity index (χ3v) is 5.45. The smallest absolute Gasteiger partial charge is 0.237 e. The van der Waals surface area contributed by atoms with Gasteiger partial charge in [0.25, 0.3) is 0 Å². The van der Waals surface area contributed by atoms with Gasteiger partial charge in [-0.25, -0.2) is 0 Å². The van der Waals surface area contributed by atoms with E-state index < -0.39 is 0 Å². The summed E-state index contributed by atoms with van der Waals surface area (Å²) < 4.78 is 10.5. The molecule has 1 N–H and O–H groups in total. The van der Waals surface area contributed by atoms with Crippen LogP contribution in [0.15, 0.2) is 36.4 Å². The second kappa shape index (κ2) is 9.67. The standard InChI is InChI=1S/C20H22ClNO4S/c1-12(23)14-5-7-18(25-3)15(9-14)11-27-13(2)20(24)22-16-6-8-19(26-4)17(21)10-16/h5-10,13H,11H2,1-4H3,(H,22,24). The van der Waals surface area contributed by atoms with E-state index >= 15 is 0 Å². The van der Waals surface area contributed by atoms with E-state index in [2.05, 4.69) is 5.32 Å². The van der Waals surface area contributed by atoms with Crippen molar-refractivity contribution in [2.24, 2.45) is 0 Å². The van der Waals surface area contributed by atoms with Gasteiger partial charge in [0.1, 0.15) is 11.5 Å². The fourth-order valence-corrected chi connectivity index (χ4v) is 3.51. The van der Waals surface area contributed by atoms with E-state index in [9.17, 15) is 9.59 Å². The number of nitrogens with one attached hydrogen (secondary N) is 1. The highest BCUT2D eigenvalue weighted by atomic mass is 35.5. The number of hydrogen-bond acceptors (Lipinski definition) is 5. The van der Waals surface area contributed by atoms with Crippen LogP contribution in [0, 0.1) is 0 Å². The molecule has 1 atom stereocenters. The van der Waals surface area contributed by atoms with E-state index in [-0.39, 0.29) is 16.9 Å². The van der Waals surface area contributed by atoms with Gasteiger partial charge in [0.2, 0.25) is 5.91 Å². The summed E-state index contributed by atoms with van der Waals surface area (Å²) in [4.78, 5) is 24.0. The number of anilines is 1. The summed E-state index contributed by atoms with van der Waals surface area (Å²) in [6, 6.07) is 10.4. The fraction of sp³-hybridized carbons (Fsp3) is 0.300. The normalized spacial score (nSPS) is 11.6. The number of rotatable bonds is 8. The molecule has 7 heteroatoms. The Hall–Kier alpha value is -2.18. The van der Waals surface area contributed by atoms with E-state index in [1.807, 2.05) is 13.0 Å². The molecule has 27 heavy (non-hydrogen) atoms. The van der Waals surface area contributed by atoms with E-state index in [1.54, 1.807) is 37.4 Å². The van der Waals surface area contributed by atoms with Gasteiger partial charge in [-0.05, 0) is 50.2 Å². The molecule has 2 rings (SSSR count). The fourth-order valence-electron chi connectivity index (χ4n) is 2.39. The summed E-state index contributed by atoms with van der Waals surface area (Å²) in [7, 11) is 3.12. The first-order valence-electron chi connectivity index (χ1n) is 8.29. The molecular formula is C20H22ClNO4S. The van der Waals surface area contributed by atoms with Gasteiger partial charge in [-0.2, -0.15) is 0 Å². The Balaban J connectivity index is 2.01. The van der Waals surface area contributed by atoms with Crippen molar-refractivity contribution in [1.29, 1.82) is 0 Å². The van der Waals surface area contributed by atoms with E-state index in [4.69, 9.17) is 21.1 Å². The molecule has 0 bridgehead atoms. The number of Topliss-reactive ketones (excluding diaryl/α,β-unsaturated/α-hetero) is 1. The highest BCUT2D eigenvalue weighted by Crippen LogP contribution is 2.29. The Morgan fingerprint density at radius 1 is 1.11 bits per heavy atom. The van der Waals surface area contributed by atoms with Crippen LogP contribution < -0.4 is 14.8 Å². The molecule has 0 radical (unpaired) electrons. The minimum absolute atomic E-state index is 0.00826. The number of hydrogen-bond donors (Lipinski definition) is 1. The Morgan fingerprint density at radius 2 is 1.78 bits per heavy atom. The molecule has 2 aromatic carbocycles. The number of methoxy groups -OCH3 is 2. The zero-order chi connectivity index (χ0) is 20.0. The lowest BCUT2D eigenvalue weighted by Crippen LogP contribution is -2.22. The first kappa shape index (κ1) is 21.1. The number of carbonyl (C=O) groups is 2. The first-order chi connectivity index (χ1) is 12.8. The van der Waals surface area contributed by atoms with Crippen LogP contribution in [0.25, 0.3) is 0 Å². The van der Waals surface area contributed by atoms with E-state index in [1.165, 1.54) is 25.8 Å². The van der Waals surface area contributed by atoms with Crippen molar-refractivity contribution in [3.8, 4) is 11.5 Å². The highest BCUT2D eigenvalue weighted by molar-refractivity contribution is 7.99. The number of carbonyl (C=O) groups excluding carboxylic acids is 2. The van der Waals surface area contributed by atoms with Crippen molar-refractivity contribution in [3.63, 3.8) is 0 Å². The largest absolute Gasteiger partial charge is 0.496 e. The van der Waals surface area contributed by atoms with Crippen LogP contribution in [0.3, 0.4) is 0 Å². The molecule has 0 fully saturated rings. The average molecular weight is 408 g/mol. The quantitative estimate of drug-likeness (QED) is 0.635.